The third kappa shape index (κ3) is 6.75. The van der Waals surface area contributed by atoms with Gasteiger partial charge in [0.05, 0.1) is 6.26 Å². The van der Waals surface area contributed by atoms with Gasteiger partial charge in [-0.2, -0.15) is 0 Å². The molecule has 0 bridgehead atoms. The molecule has 0 atom stereocenters. The second kappa shape index (κ2) is 5.94. The molecule has 0 radical (unpaired) electrons. The van der Waals surface area contributed by atoms with Gasteiger partial charge in [-0.05, 0) is 26.0 Å². The van der Waals surface area contributed by atoms with Gasteiger partial charge in [0.1, 0.15) is 0 Å². The summed E-state index contributed by atoms with van der Waals surface area (Å²) in [6.45, 7) is 3.65. The highest BCUT2D eigenvalue weighted by Crippen LogP contribution is 2.02. The summed E-state index contributed by atoms with van der Waals surface area (Å²) in [4.78, 5) is 0. The van der Waals surface area contributed by atoms with Crippen molar-refractivity contribution in [2.75, 3.05) is 5.73 Å². The molecule has 1 aromatic rings. The van der Waals surface area contributed by atoms with Crippen LogP contribution in [0.5, 0.6) is 0 Å². The van der Waals surface area contributed by atoms with E-state index in [4.69, 9.17) is 16.6 Å². The van der Waals surface area contributed by atoms with Crippen LogP contribution in [0.2, 0.25) is 0 Å². The predicted octanol–water partition coefficient (Wildman–Crippen LogP) is 1.94. The van der Waals surface area contributed by atoms with Crippen LogP contribution in [0.3, 0.4) is 0 Å². The zero-order valence-corrected chi connectivity index (χ0v) is 7.99. The molecular weight excluding hydrogens is 164 g/mol. The summed E-state index contributed by atoms with van der Waals surface area (Å²) in [5, 5.41) is 7.86. The summed E-state index contributed by atoms with van der Waals surface area (Å²) in [6.07, 6.45) is 0.861. The average Bonchev–Trinajstić information content (AvgIpc) is 2.11. The van der Waals surface area contributed by atoms with E-state index in [2.05, 4.69) is 0 Å². The quantitative estimate of drug-likeness (QED) is 0.422. The maximum absolute atomic E-state index is 7.86. The Hall–Kier alpha value is -1.64. The smallest absolute Gasteiger partial charge is 0.0975 e. The molecule has 0 aliphatic heterocycles. The maximum Gasteiger partial charge on any atom is 0.0975 e. The number of aliphatic hydroxyl groups excluding tert-OH is 1. The van der Waals surface area contributed by atoms with Crippen molar-refractivity contribution in [1.29, 1.82) is 0 Å². The van der Waals surface area contributed by atoms with Gasteiger partial charge in [0.2, 0.25) is 0 Å². The summed E-state index contributed by atoms with van der Waals surface area (Å²) in [7, 11) is 0. The number of hydrogen-bond donors (Lipinski definition) is 3. The highest BCUT2D eigenvalue weighted by molar-refractivity contribution is 5.38. The number of nitrogens with two attached hydrogens (primary N) is 2. The minimum Gasteiger partial charge on any atom is -0.514 e. The van der Waals surface area contributed by atoms with Gasteiger partial charge in [-0.25, -0.2) is 0 Å². The fourth-order valence-corrected chi connectivity index (χ4v) is 0.566. The Morgan fingerprint density at radius 3 is 1.92 bits per heavy atom. The van der Waals surface area contributed by atoms with Gasteiger partial charge in [0, 0.05) is 11.4 Å². The molecule has 0 heterocycles. The van der Waals surface area contributed by atoms with Gasteiger partial charge >= 0.3 is 0 Å². The molecule has 3 nitrogen and oxygen atoms in total. The maximum atomic E-state index is 7.86. The van der Waals surface area contributed by atoms with Crippen LogP contribution in [0.4, 0.5) is 5.69 Å². The molecular formula is C10H16N2O. The standard InChI is InChI=1S/C7H9N.C3H7NO/c1-6-2-4-7(8)5-3-6;1-3(4)2-5/h2-5H,8H2,1H3;2,5H,4H2,1H3/b;3-2-. The molecule has 0 aliphatic carbocycles. The van der Waals surface area contributed by atoms with Crippen LogP contribution in [0.15, 0.2) is 36.2 Å². The van der Waals surface area contributed by atoms with Gasteiger partial charge in [-0.15, -0.1) is 0 Å². The second-order valence-corrected chi connectivity index (χ2v) is 2.78. The van der Waals surface area contributed by atoms with Crippen molar-refractivity contribution in [3.05, 3.63) is 41.8 Å². The Labute approximate surface area is 78.7 Å². The molecule has 0 fully saturated rings. The van der Waals surface area contributed by atoms with Crippen molar-refractivity contribution in [2.45, 2.75) is 13.8 Å². The van der Waals surface area contributed by atoms with E-state index in [1.54, 1.807) is 6.92 Å². The first-order chi connectivity index (χ1) is 6.06. The summed E-state index contributed by atoms with van der Waals surface area (Å²) in [5.74, 6) is 0. The fourth-order valence-electron chi connectivity index (χ4n) is 0.566. The lowest BCUT2D eigenvalue weighted by Crippen LogP contribution is -1.87. The van der Waals surface area contributed by atoms with E-state index < -0.39 is 0 Å². The molecule has 0 saturated heterocycles. The minimum atomic E-state index is 0.435. The molecule has 3 heteroatoms. The van der Waals surface area contributed by atoms with Crippen LogP contribution in [0.25, 0.3) is 0 Å². The van der Waals surface area contributed by atoms with Gasteiger partial charge < -0.3 is 16.6 Å². The Balaban J connectivity index is 0.000000252. The zero-order chi connectivity index (χ0) is 10.3. The summed E-state index contributed by atoms with van der Waals surface area (Å²) < 4.78 is 0. The number of hydrogen-bond acceptors (Lipinski definition) is 3. The first-order valence-corrected chi connectivity index (χ1v) is 3.95. The predicted molar refractivity (Wildman–Crippen MR) is 56.2 cm³/mol. The summed E-state index contributed by atoms with van der Waals surface area (Å²) in [5.41, 5.74) is 12.8. The molecule has 0 aromatic heterocycles. The number of nitrogen functional groups attached to an aromatic ring is 1. The second-order valence-electron chi connectivity index (χ2n) is 2.78. The number of rotatable bonds is 0. The number of allylic oxidation sites excluding steroid dienone is 1. The van der Waals surface area contributed by atoms with Crippen molar-refractivity contribution in [3.63, 3.8) is 0 Å². The Morgan fingerprint density at radius 1 is 1.31 bits per heavy atom. The number of aryl methyl sites for hydroxylation is 1. The van der Waals surface area contributed by atoms with Gasteiger partial charge in [0.15, 0.2) is 0 Å². The van der Waals surface area contributed by atoms with Crippen molar-refractivity contribution in [1.82, 2.24) is 0 Å². The van der Waals surface area contributed by atoms with Crippen LogP contribution in [-0.4, -0.2) is 5.11 Å². The molecule has 0 amide bonds. The molecule has 0 spiro atoms. The van der Waals surface area contributed by atoms with E-state index in [-0.39, 0.29) is 0 Å². The molecule has 1 aromatic carbocycles. The SMILES string of the molecule is C/C(N)=C/O.Cc1ccc(N)cc1. The van der Waals surface area contributed by atoms with E-state index in [0.29, 0.717) is 5.70 Å². The molecule has 5 N–H and O–H groups in total. The van der Waals surface area contributed by atoms with Crippen LogP contribution in [0, 0.1) is 6.92 Å². The molecule has 1 rings (SSSR count). The van der Waals surface area contributed by atoms with E-state index in [0.717, 1.165) is 11.9 Å². The van der Waals surface area contributed by atoms with Crippen LogP contribution in [-0.2, 0) is 0 Å². The topological polar surface area (TPSA) is 72.3 Å². The lowest BCUT2D eigenvalue weighted by molar-refractivity contribution is 0.466. The highest BCUT2D eigenvalue weighted by Gasteiger charge is 1.80. The summed E-state index contributed by atoms with van der Waals surface area (Å²) >= 11 is 0. The summed E-state index contributed by atoms with van der Waals surface area (Å²) in [6, 6.07) is 7.79. The zero-order valence-electron chi connectivity index (χ0n) is 7.99. The normalized spacial score (nSPS) is 10.2. The minimum absolute atomic E-state index is 0.435. The van der Waals surface area contributed by atoms with Crippen molar-refractivity contribution < 1.29 is 5.11 Å². The Morgan fingerprint density at radius 2 is 1.69 bits per heavy atom. The van der Waals surface area contributed by atoms with E-state index in [1.165, 1.54) is 5.56 Å². The van der Waals surface area contributed by atoms with Gasteiger partial charge in [-0.3, -0.25) is 0 Å². The molecule has 0 unspecified atom stereocenters. The number of anilines is 1. The fraction of sp³-hybridized carbons (Fsp3) is 0.200. The van der Waals surface area contributed by atoms with E-state index in [1.807, 2.05) is 31.2 Å². The lowest BCUT2D eigenvalue weighted by atomic mass is 10.2. The average molecular weight is 180 g/mol. The first kappa shape index (κ1) is 11.4. The number of aliphatic hydroxyl groups is 1. The first-order valence-electron chi connectivity index (χ1n) is 3.95. The molecule has 0 aliphatic rings. The van der Waals surface area contributed by atoms with E-state index >= 15 is 0 Å². The van der Waals surface area contributed by atoms with Crippen LogP contribution >= 0.6 is 0 Å². The van der Waals surface area contributed by atoms with Gasteiger partial charge in [0.25, 0.3) is 0 Å². The van der Waals surface area contributed by atoms with Crippen LogP contribution in [0.1, 0.15) is 12.5 Å². The molecule has 72 valence electrons. The van der Waals surface area contributed by atoms with Crippen molar-refractivity contribution in [3.8, 4) is 0 Å². The monoisotopic (exact) mass is 180 g/mol. The molecule has 13 heavy (non-hydrogen) atoms. The lowest BCUT2D eigenvalue weighted by Gasteiger charge is -1.90. The third-order valence-corrected chi connectivity index (χ3v) is 1.28. The molecule has 0 saturated carbocycles. The Bertz CT molecular complexity index is 240. The van der Waals surface area contributed by atoms with Crippen molar-refractivity contribution >= 4 is 5.69 Å². The van der Waals surface area contributed by atoms with E-state index in [9.17, 15) is 0 Å². The van der Waals surface area contributed by atoms with Crippen LogP contribution < -0.4 is 11.5 Å². The number of benzene rings is 1. The third-order valence-electron chi connectivity index (χ3n) is 1.28. The van der Waals surface area contributed by atoms with Gasteiger partial charge in [-0.1, -0.05) is 17.7 Å². The van der Waals surface area contributed by atoms with Crippen molar-refractivity contribution in [2.24, 2.45) is 5.73 Å². The Kier molecular flexibility index (Phi) is 5.19. The largest absolute Gasteiger partial charge is 0.514 e. The highest BCUT2D eigenvalue weighted by atomic mass is 16.2.